The van der Waals surface area contributed by atoms with Crippen molar-refractivity contribution in [2.45, 2.75) is 40.2 Å². The van der Waals surface area contributed by atoms with Crippen LogP contribution in [0.15, 0.2) is 24.3 Å². The molecule has 0 unspecified atom stereocenters. The van der Waals surface area contributed by atoms with E-state index in [0.29, 0.717) is 10.7 Å². The molecule has 0 bridgehead atoms. The van der Waals surface area contributed by atoms with E-state index < -0.39 is 6.10 Å². The van der Waals surface area contributed by atoms with Crippen LogP contribution in [0.3, 0.4) is 0 Å². The first kappa shape index (κ1) is 16.5. The minimum Gasteiger partial charge on any atom is -0.453 e. The fraction of sp³-hybridized carbons (Fsp3) is 0.467. The molecule has 0 aliphatic carbocycles. The Morgan fingerprint density at radius 1 is 1.25 bits per heavy atom. The molecule has 0 spiro atoms. The highest BCUT2D eigenvalue weighted by Crippen LogP contribution is 2.19. The summed E-state index contributed by atoms with van der Waals surface area (Å²) in [5.41, 5.74) is 0.446. The van der Waals surface area contributed by atoms with E-state index in [2.05, 4.69) is 5.32 Å². The molecule has 1 atom stereocenters. The van der Waals surface area contributed by atoms with Crippen LogP contribution in [0.1, 0.15) is 34.1 Å². The first-order chi connectivity index (χ1) is 9.17. The Balaban J connectivity index is 2.51. The Kier molecular flexibility index (Phi) is 5.57. The van der Waals surface area contributed by atoms with Crippen LogP contribution < -0.4 is 5.32 Å². The Labute approximate surface area is 124 Å². The van der Waals surface area contributed by atoms with Gasteiger partial charge in [-0.1, -0.05) is 32.4 Å². The lowest BCUT2D eigenvalue weighted by molar-refractivity contribution is -0.154. The number of rotatable bonds is 4. The third kappa shape index (κ3) is 6.06. The number of halogens is 1. The number of ether oxygens (including phenoxy) is 1. The fourth-order valence-corrected chi connectivity index (χ4v) is 1.63. The zero-order valence-electron chi connectivity index (χ0n) is 12.2. The molecule has 5 heteroatoms. The van der Waals surface area contributed by atoms with E-state index in [1.165, 1.54) is 0 Å². The maximum atomic E-state index is 11.9. The van der Waals surface area contributed by atoms with Crippen LogP contribution in [-0.2, 0) is 14.3 Å². The second-order valence-corrected chi connectivity index (χ2v) is 6.30. The number of benzene rings is 1. The molecule has 0 radical (unpaired) electrons. The van der Waals surface area contributed by atoms with Gasteiger partial charge in [-0.25, -0.2) is 0 Å². The normalized spacial score (nSPS) is 12.7. The van der Waals surface area contributed by atoms with Gasteiger partial charge in [-0.3, -0.25) is 9.59 Å². The topological polar surface area (TPSA) is 55.4 Å². The molecule has 0 aromatic heterocycles. The quantitative estimate of drug-likeness (QED) is 0.863. The van der Waals surface area contributed by atoms with Gasteiger partial charge in [0.15, 0.2) is 6.10 Å². The van der Waals surface area contributed by atoms with E-state index >= 15 is 0 Å². The highest BCUT2D eigenvalue weighted by Gasteiger charge is 2.22. The van der Waals surface area contributed by atoms with E-state index in [1.54, 1.807) is 31.2 Å². The Bertz CT molecular complexity index is 477. The summed E-state index contributed by atoms with van der Waals surface area (Å²) >= 11 is 5.76. The van der Waals surface area contributed by atoms with Gasteiger partial charge >= 0.3 is 5.97 Å². The highest BCUT2D eigenvalue weighted by atomic mass is 35.5. The fourth-order valence-electron chi connectivity index (χ4n) is 1.50. The highest BCUT2D eigenvalue weighted by molar-refractivity contribution is 6.30. The van der Waals surface area contributed by atoms with E-state index in [-0.39, 0.29) is 23.7 Å². The van der Waals surface area contributed by atoms with Crippen LogP contribution >= 0.6 is 11.6 Å². The number of anilines is 1. The molecule has 0 aliphatic rings. The van der Waals surface area contributed by atoms with Gasteiger partial charge in [0.2, 0.25) is 0 Å². The summed E-state index contributed by atoms with van der Waals surface area (Å²) in [7, 11) is 0. The van der Waals surface area contributed by atoms with Crippen LogP contribution in [-0.4, -0.2) is 18.0 Å². The van der Waals surface area contributed by atoms with Crippen molar-refractivity contribution < 1.29 is 14.3 Å². The minimum absolute atomic E-state index is 0.163. The lowest BCUT2D eigenvalue weighted by atomic mass is 9.92. The average molecular weight is 298 g/mol. The van der Waals surface area contributed by atoms with Crippen molar-refractivity contribution in [2.24, 2.45) is 5.41 Å². The average Bonchev–Trinajstić information content (AvgIpc) is 2.29. The molecule has 20 heavy (non-hydrogen) atoms. The maximum Gasteiger partial charge on any atom is 0.307 e. The Morgan fingerprint density at radius 2 is 1.80 bits per heavy atom. The van der Waals surface area contributed by atoms with Crippen molar-refractivity contribution in [3.8, 4) is 0 Å². The number of carbonyl (C=O) groups is 2. The van der Waals surface area contributed by atoms with E-state index in [0.717, 1.165) is 0 Å². The summed E-state index contributed by atoms with van der Waals surface area (Å²) in [5, 5.41) is 3.25. The second-order valence-electron chi connectivity index (χ2n) is 5.87. The maximum absolute atomic E-state index is 11.9. The predicted octanol–water partition coefficient (Wildman–Crippen LogP) is 3.65. The van der Waals surface area contributed by atoms with Gasteiger partial charge in [0, 0.05) is 10.7 Å². The van der Waals surface area contributed by atoms with Crippen LogP contribution in [0.2, 0.25) is 5.02 Å². The summed E-state index contributed by atoms with van der Waals surface area (Å²) in [6, 6.07) is 6.72. The molecule has 1 rings (SSSR count). The zero-order chi connectivity index (χ0) is 15.3. The second kappa shape index (κ2) is 6.75. The SMILES string of the molecule is C[C@@H](OC(=O)CC(C)(C)C)C(=O)Nc1ccc(Cl)cc1. The number of hydrogen-bond donors (Lipinski definition) is 1. The first-order valence-electron chi connectivity index (χ1n) is 6.43. The van der Waals surface area contributed by atoms with Gasteiger partial charge in [-0.15, -0.1) is 0 Å². The van der Waals surface area contributed by atoms with Crippen molar-refractivity contribution in [3.05, 3.63) is 29.3 Å². The summed E-state index contributed by atoms with van der Waals surface area (Å²) in [6.45, 7) is 7.36. The molecule has 1 N–H and O–H groups in total. The molecular weight excluding hydrogens is 278 g/mol. The van der Waals surface area contributed by atoms with Crippen molar-refractivity contribution >= 4 is 29.2 Å². The van der Waals surface area contributed by atoms with Crippen LogP contribution in [0.5, 0.6) is 0 Å². The molecule has 0 saturated heterocycles. The monoisotopic (exact) mass is 297 g/mol. The van der Waals surface area contributed by atoms with E-state index in [4.69, 9.17) is 16.3 Å². The molecule has 0 fully saturated rings. The van der Waals surface area contributed by atoms with Crippen LogP contribution in [0.25, 0.3) is 0 Å². The molecule has 0 saturated carbocycles. The van der Waals surface area contributed by atoms with Crippen molar-refractivity contribution in [1.29, 1.82) is 0 Å². The molecule has 1 aromatic rings. The van der Waals surface area contributed by atoms with E-state index in [1.807, 2.05) is 20.8 Å². The molecule has 110 valence electrons. The van der Waals surface area contributed by atoms with Crippen molar-refractivity contribution in [3.63, 3.8) is 0 Å². The Hall–Kier alpha value is -1.55. The van der Waals surface area contributed by atoms with Gasteiger partial charge < -0.3 is 10.1 Å². The summed E-state index contributed by atoms with van der Waals surface area (Å²) < 4.78 is 5.11. The zero-order valence-corrected chi connectivity index (χ0v) is 13.0. The largest absolute Gasteiger partial charge is 0.453 e. The Morgan fingerprint density at radius 3 is 2.30 bits per heavy atom. The lowest BCUT2D eigenvalue weighted by Gasteiger charge is -2.19. The van der Waals surface area contributed by atoms with Gasteiger partial charge in [-0.2, -0.15) is 0 Å². The summed E-state index contributed by atoms with van der Waals surface area (Å²) in [6.07, 6.45) is -0.563. The molecule has 0 heterocycles. The number of nitrogens with one attached hydrogen (secondary N) is 1. The standard InChI is InChI=1S/C15H20ClNO3/c1-10(20-13(18)9-15(2,3)4)14(19)17-12-7-5-11(16)6-8-12/h5-8,10H,9H2,1-4H3,(H,17,19)/t10-/m1/s1. The predicted molar refractivity (Wildman–Crippen MR) is 79.7 cm³/mol. The van der Waals surface area contributed by atoms with Gasteiger partial charge in [0.05, 0.1) is 6.42 Å². The number of esters is 1. The smallest absolute Gasteiger partial charge is 0.307 e. The van der Waals surface area contributed by atoms with Crippen LogP contribution in [0, 0.1) is 5.41 Å². The van der Waals surface area contributed by atoms with E-state index in [9.17, 15) is 9.59 Å². The summed E-state index contributed by atoms with van der Waals surface area (Å²) in [4.78, 5) is 23.5. The molecule has 0 aliphatic heterocycles. The minimum atomic E-state index is -0.833. The molecule has 1 aromatic carbocycles. The van der Waals surface area contributed by atoms with Gasteiger partial charge in [-0.05, 0) is 36.6 Å². The van der Waals surface area contributed by atoms with Crippen LogP contribution in [0.4, 0.5) is 5.69 Å². The molecule has 1 amide bonds. The first-order valence-corrected chi connectivity index (χ1v) is 6.81. The van der Waals surface area contributed by atoms with Crippen molar-refractivity contribution in [2.75, 3.05) is 5.32 Å². The number of carbonyl (C=O) groups excluding carboxylic acids is 2. The molecule has 4 nitrogen and oxygen atoms in total. The van der Waals surface area contributed by atoms with Crippen molar-refractivity contribution in [1.82, 2.24) is 0 Å². The number of amides is 1. The summed E-state index contributed by atoms with van der Waals surface area (Å²) in [5.74, 6) is -0.745. The lowest BCUT2D eigenvalue weighted by Crippen LogP contribution is -2.31. The number of hydrogen-bond acceptors (Lipinski definition) is 3. The van der Waals surface area contributed by atoms with Gasteiger partial charge in [0.1, 0.15) is 0 Å². The third-order valence-electron chi connectivity index (χ3n) is 2.46. The third-order valence-corrected chi connectivity index (χ3v) is 2.72. The molecular formula is C15H20ClNO3. The van der Waals surface area contributed by atoms with Gasteiger partial charge in [0.25, 0.3) is 5.91 Å².